The van der Waals surface area contributed by atoms with Crippen LogP contribution in [0, 0.1) is 0 Å². The lowest BCUT2D eigenvalue weighted by molar-refractivity contribution is 0.396. The summed E-state index contributed by atoms with van der Waals surface area (Å²) in [7, 11) is 0. The molecule has 5 rings (SSSR count). The zero-order valence-electron chi connectivity index (χ0n) is 18.7. The second kappa shape index (κ2) is 11.9. The standard InChI is InChI=1S/C24H24.C8H8/c1-3-7-19(8-4-1)21-11-15-23(16-12-21)24-17-13-22(14-18-24)20-9-5-2-6-10-20;1-2-4-6-8-7-5-3-1/h1-12,15-16,22,24H,13-14,17-18H2;1-8H/b;2-1-,3-1?,4-2?,5-3-,6-4-,7-5?,8-6?,8-7-. The van der Waals surface area contributed by atoms with Gasteiger partial charge in [0.25, 0.3) is 0 Å². The monoisotopic (exact) mass is 416 g/mol. The lowest BCUT2D eigenvalue weighted by Gasteiger charge is -2.29. The molecule has 1 saturated carbocycles. The number of allylic oxidation sites excluding steroid dienone is 8. The molecule has 0 amide bonds. The normalized spacial score (nSPS) is 23.5. The van der Waals surface area contributed by atoms with E-state index in [0.29, 0.717) is 0 Å². The van der Waals surface area contributed by atoms with Gasteiger partial charge in [0, 0.05) is 0 Å². The Morgan fingerprint density at radius 3 is 1.12 bits per heavy atom. The van der Waals surface area contributed by atoms with Gasteiger partial charge in [-0.25, -0.2) is 0 Å². The third-order valence-corrected chi connectivity index (χ3v) is 6.38. The van der Waals surface area contributed by atoms with Gasteiger partial charge >= 0.3 is 0 Å². The third-order valence-electron chi connectivity index (χ3n) is 6.38. The highest BCUT2D eigenvalue weighted by Crippen LogP contribution is 2.40. The summed E-state index contributed by atoms with van der Waals surface area (Å²) < 4.78 is 0. The maximum absolute atomic E-state index is 2.34. The zero-order valence-corrected chi connectivity index (χ0v) is 18.7. The maximum Gasteiger partial charge on any atom is -0.0162 e. The molecule has 0 aromatic heterocycles. The van der Waals surface area contributed by atoms with Crippen molar-refractivity contribution in [3.05, 3.63) is 145 Å². The molecule has 160 valence electrons. The summed E-state index contributed by atoms with van der Waals surface area (Å²) in [6.07, 6.45) is 21.2. The highest BCUT2D eigenvalue weighted by atomic mass is 14.3. The Balaban J connectivity index is 0.000000260. The molecule has 0 nitrogen and oxygen atoms in total. The molecule has 0 saturated heterocycles. The molecule has 0 atom stereocenters. The van der Waals surface area contributed by atoms with Crippen LogP contribution in [0.3, 0.4) is 0 Å². The van der Waals surface area contributed by atoms with Crippen molar-refractivity contribution in [2.24, 2.45) is 0 Å². The molecule has 0 spiro atoms. The molecule has 0 N–H and O–H groups in total. The van der Waals surface area contributed by atoms with Crippen LogP contribution >= 0.6 is 0 Å². The largest absolute Gasteiger partial charge is 0.0623 e. The fourth-order valence-corrected chi connectivity index (χ4v) is 4.58. The van der Waals surface area contributed by atoms with Crippen LogP contribution in [0.1, 0.15) is 48.6 Å². The SMILES string of the molecule is C1=C\C=C/C=C\C=C/1.c1ccc(-c2ccc(C3CCC(c4ccccc4)CC3)cc2)cc1. The first-order chi connectivity index (χ1) is 15.9. The van der Waals surface area contributed by atoms with Crippen LogP contribution in [0.2, 0.25) is 0 Å². The van der Waals surface area contributed by atoms with E-state index in [1.54, 1.807) is 0 Å². The van der Waals surface area contributed by atoms with E-state index in [4.69, 9.17) is 0 Å². The molecule has 1 fully saturated rings. The number of rotatable bonds is 3. The molecule has 0 heterocycles. The van der Waals surface area contributed by atoms with Gasteiger partial charge in [-0.2, -0.15) is 0 Å². The molecule has 32 heavy (non-hydrogen) atoms. The van der Waals surface area contributed by atoms with Gasteiger partial charge in [0.05, 0.1) is 0 Å². The van der Waals surface area contributed by atoms with Crippen molar-refractivity contribution in [2.45, 2.75) is 37.5 Å². The molecule has 3 aromatic rings. The van der Waals surface area contributed by atoms with Crippen LogP contribution < -0.4 is 0 Å². The van der Waals surface area contributed by atoms with Crippen molar-refractivity contribution in [1.29, 1.82) is 0 Å². The van der Waals surface area contributed by atoms with E-state index in [1.807, 2.05) is 48.6 Å². The summed E-state index contributed by atoms with van der Waals surface area (Å²) >= 11 is 0. The quantitative estimate of drug-likeness (QED) is 0.399. The summed E-state index contributed by atoms with van der Waals surface area (Å²) in [5, 5.41) is 0. The zero-order chi connectivity index (χ0) is 21.8. The van der Waals surface area contributed by atoms with E-state index in [-0.39, 0.29) is 0 Å². The van der Waals surface area contributed by atoms with Crippen molar-refractivity contribution in [3.8, 4) is 11.1 Å². The molecule has 0 bridgehead atoms. The van der Waals surface area contributed by atoms with Crippen LogP contribution in [0.25, 0.3) is 11.1 Å². The first-order valence-electron chi connectivity index (χ1n) is 11.8. The Kier molecular flexibility index (Phi) is 8.09. The van der Waals surface area contributed by atoms with E-state index >= 15 is 0 Å². The lowest BCUT2D eigenvalue weighted by Crippen LogP contribution is -2.12. The molecule has 2 aliphatic carbocycles. The Hall–Kier alpha value is -3.38. The second-order valence-electron chi connectivity index (χ2n) is 8.49. The van der Waals surface area contributed by atoms with Gasteiger partial charge in [0.15, 0.2) is 0 Å². The van der Waals surface area contributed by atoms with Gasteiger partial charge in [-0.3, -0.25) is 0 Å². The fourth-order valence-electron chi connectivity index (χ4n) is 4.58. The molecule has 2 aliphatic rings. The predicted octanol–water partition coefficient (Wildman–Crippen LogP) is 9.02. The van der Waals surface area contributed by atoms with E-state index in [1.165, 1.54) is 47.9 Å². The van der Waals surface area contributed by atoms with Gasteiger partial charge in [0.2, 0.25) is 0 Å². The Labute approximate surface area is 193 Å². The molecule has 0 unspecified atom stereocenters. The van der Waals surface area contributed by atoms with E-state index in [0.717, 1.165) is 11.8 Å². The van der Waals surface area contributed by atoms with Gasteiger partial charge in [0.1, 0.15) is 0 Å². The average molecular weight is 417 g/mol. The number of benzene rings is 3. The van der Waals surface area contributed by atoms with Crippen LogP contribution in [0.4, 0.5) is 0 Å². The third kappa shape index (κ3) is 6.31. The minimum absolute atomic E-state index is 0.731. The molecular weight excluding hydrogens is 384 g/mol. The minimum Gasteiger partial charge on any atom is -0.0623 e. The lowest BCUT2D eigenvalue weighted by atomic mass is 9.76. The highest BCUT2D eigenvalue weighted by molar-refractivity contribution is 5.63. The summed E-state index contributed by atoms with van der Waals surface area (Å²) in [5.74, 6) is 1.49. The van der Waals surface area contributed by atoms with Crippen LogP contribution in [-0.2, 0) is 0 Å². The first-order valence-corrected chi connectivity index (χ1v) is 11.8. The average Bonchev–Trinajstić information content (AvgIpc) is 2.85. The fraction of sp³-hybridized carbons (Fsp3) is 0.188. The van der Waals surface area contributed by atoms with Crippen molar-refractivity contribution in [1.82, 2.24) is 0 Å². The molecular formula is C32H32. The molecule has 0 aliphatic heterocycles. The van der Waals surface area contributed by atoms with Gasteiger partial charge in [-0.1, -0.05) is 134 Å². The smallest absolute Gasteiger partial charge is 0.0162 e. The van der Waals surface area contributed by atoms with Crippen molar-refractivity contribution >= 4 is 0 Å². The molecule has 3 aromatic carbocycles. The predicted molar refractivity (Wildman–Crippen MR) is 139 cm³/mol. The van der Waals surface area contributed by atoms with Gasteiger partial charge in [-0.05, 0) is 59.8 Å². The summed E-state index contributed by atoms with van der Waals surface area (Å²) in [4.78, 5) is 0. The van der Waals surface area contributed by atoms with Gasteiger partial charge < -0.3 is 0 Å². The summed E-state index contributed by atoms with van der Waals surface area (Å²) in [5.41, 5.74) is 5.66. The minimum atomic E-state index is 0.731. The Morgan fingerprint density at radius 2 is 0.688 bits per heavy atom. The Bertz CT molecular complexity index is 986. The number of hydrogen-bond acceptors (Lipinski definition) is 0. The van der Waals surface area contributed by atoms with E-state index < -0.39 is 0 Å². The molecule has 0 radical (unpaired) electrons. The van der Waals surface area contributed by atoms with Crippen LogP contribution in [0.15, 0.2) is 134 Å². The summed E-state index contributed by atoms with van der Waals surface area (Å²) in [6, 6.07) is 30.9. The van der Waals surface area contributed by atoms with E-state index in [9.17, 15) is 0 Å². The topological polar surface area (TPSA) is 0 Å². The van der Waals surface area contributed by atoms with Gasteiger partial charge in [-0.15, -0.1) is 0 Å². The van der Waals surface area contributed by atoms with Crippen molar-refractivity contribution in [3.63, 3.8) is 0 Å². The van der Waals surface area contributed by atoms with Crippen molar-refractivity contribution < 1.29 is 0 Å². The maximum atomic E-state index is 2.34. The van der Waals surface area contributed by atoms with Crippen molar-refractivity contribution in [2.75, 3.05) is 0 Å². The second-order valence-corrected chi connectivity index (χ2v) is 8.49. The number of hydrogen-bond donors (Lipinski definition) is 0. The van der Waals surface area contributed by atoms with Crippen LogP contribution in [-0.4, -0.2) is 0 Å². The molecule has 0 heteroatoms. The first kappa shape index (κ1) is 21.8. The highest BCUT2D eigenvalue weighted by Gasteiger charge is 2.23. The summed E-state index contributed by atoms with van der Waals surface area (Å²) in [6.45, 7) is 0. The Morgan fingerprint density at radius 1 is 0.344 bits per heavy atom. The van der Waals surface area contributed by atoms with Crippen LogP contribution in [0.5, 0.6) is 0 Å². The van der Waals surface area contributed by atoms with E-state index in [2.05, 4.69) is 84.9 Å².